The fraction of sp³-hybridized carbons (Fsp3) is 0.727. The first-order valence-electron chi connectivity index (χ1n) is 4.92. The molecule has 0 fully saturated rings. The Kier molecular flexibility index (Phi) is 2.72. The van der Waals surface area contributed by atoms with Crippen molar-refractivity contribution in [2.75, 3.05) is 0 Å². The average molecular weight is 198 g/mol. The lowest BCUT2D eigenvalue weighted by atomic mass is 9.72. The van der Waals surface area contributed by atoms with Gasteiger partial charge in [0.1, 0.15) is 0 Å². The highest BCUT2D eigenvalue weighted by Crippen LogP contribution is 2.37. The molecule has 2 unspecified atom stereocenters. The molecule has 0 saturated carbocycles. The normalized spacial score (nSPS) is 32.6. The highest BCUT2D eigenvalue weighted by atomic mass is 16.4. The van der Waals surface area contributed by atoms with Crippen LogP contribution in [-0.4, -0.2) is 21.8 Å². The zero-order valence-corrected chi connectivity index (χ0v) is 8.95. The van der Waals surface area contributed by atoms with Crippen LogP contribution < -0.4 is 0 Å². The fourth-order valence-corrected chi connectivity index (χ4v) is 1.63. The monoisotopic (exact) mass is 198 g/mol. The van der Waals surface area contributed by atoms with E-state index in [1.54, 1.807) is 13.0 Å². The third-order valence-corrected chi connectivity index (χ3v) is 3.11. The molecule has 80 valence electrons. The molecule has 0 bridgehead atoms. The summed E-state index contributed by atoms with van der Waals surface area (Å²) in [6.45, 7) is 5.70. The molecule has 2 atom stereocenters. The van der Waals surface area contributed by atoms with Gasteiger partial charge in [0.2, 0.25) is 0 Å². The van der Waals surface area contributed by atoms with Gasteiger partial charge in [-0.05, 0) is 25.2 Å². The Morgan fingerprint density at radius 2 is 1.93 bits per heavy atom. The standard InChI is InChI=1S/C11H18O3/c1-8(9(12)13)11(14)6-4-10(2,3)5-7-11/h4,6,8,14H,5,7H2,1-3H3,(H,12,13). The Bertz CT molecular complexity index is 268. The van der Waals surface area contributed by atoms with E-state index < -0.39 is 17.5 Å². The van der Waals surface area contributed by atoms with Crippen molar-refractivity contribution in [2.24, 2.45) is 11.3 Å². The summed E-state index contributed by atoms with van der Waals surface area (Å²) >= 11 is 0. The minimum atomic E-state index is -1.17. The minimum absolute atomic E-state index is 0.0739. The summed E-state index contributed by atoms with van der Waals surface area (Å²) in [5, 5.41) is 18.9. The van der Waals surface area contributed by atoms with Crippen molar-refractivity contribution in [3.05, 3.63) is 12.2 Å². The first-order valence-corrected chi connectivity index (χ1v) is 4.92. The summed E-state index contributed by atoms with van der Waals surface area (Å²) in [5.74, 6) is -1.69. The first-order chi connectivity index (χ1) is 6.27. The van der Waals surface area contributed by atoms with E-state index in [9.17, 15) is 9.90 Å². The van der Waals surface area contributed by atoms with Gasteiger partial charge in [-0.3, -0.25) is 4.79 Å². The number of aliphatic carboxylic acids is 1. The molecule has 0 radical (unpaired) electrons. The van der Waals surface area contributed by atoms with Crippen LogP contribution in [0.5, 0.6) is 0 Å². The molecular formula is C11H18O3. The predicted octanol–water partition coefficient (Wildman–Crippen LogP) is 1.81. The molecule has 3 nitrogen and oxygen atoms in total. The van der Waals surface area contributed by atoms with Gasteiger partial charge in [0.15, 0.2) is 0 Å². The second kappa shape index (κ2) is 3.39. The van der Waals surface area contributed by atoms with Crippen molar-refractivity contribution in [2.45, 2.75) is 39.2 Å². The van der Waals surface area contributed by atoms with Crippen LogP contribution in [0, 0.1) is 11.3 Å². The van der Waals surface area contributed by atoms with Crippen molar-refractivity contribution in [3.8, 4) is 0 Å². The zero-order valence-electron chi connectivity index (χ0n) is 8.95. The average Bonchev–Trinajstić information content (AvgIpc) is 2.09. The molecule has 3 heteroatoms. The molecule has 0 heterocycles. The highest BCUT2D eigenvalue weighted by Gasteiger charge is 2.39. The summed E-state index contributed by atoms with van der Waals surface area (Å²) in [6.07, 6.45) is 4.90. The molecule has 0 aliphatic heterocycles. The SMILES string of the molecule is CC(C(=O)O)C1(O)C=CC(C)(C)CC1. The van der Waals surface area contributed by atoms with E-state index in [2.05, 4.69) is 13.8 Å². The van der Waals surface area contributed by atoms with Crippen LogP contribution >= 0.6 is 0 Å². The van der Waals surface area contributed by atoms with Crippen LogP contribution in [0.15, 0.2) is 12.2 Å². The lowest BCUT2D eigenvalue weighted by molar-refractivity contribution is -0.148. The summed E-state index contributed by atoms with van der Waals surface area (Å²) in [4.78, 5) is 10.8. The molecule has 0 aromatic carbocycles. The fourth-order valence-electron chi connectivity index (χ4n) is 1.63. The molecule has 0 aromatic rings. The maximum atomic E-state index is 10.8. The first kappa shape index (κ1) is 11.2. The molecule has 0 amide bonds. The van der Waals surface area contributed by atoms with Crippen LogP contribution in [0.1, 0.15) is 33.6 Å². The molecule has 2 N–H and O–H groups in total. The summed E-state index contributed by atoms with van der Waals surface area (Å²) in [5.41, 5.74) is -1.09. The number of carbonyl (C=O) groups is 1. The molecule has 14 heavy (non-hydrogen) atoms. The van der Waals surface area contributed by atoms with Crippen LogP contribution in [0.4, 0.5) is 0 Å². The molecule has 0 spiro atoms. The second-order valence-electron chi connectivity index (χ2n) is 4.87. The van der Waals surface area contributed by atoms with Gasteiger partial charge in [-0.2, -0.15) is 0 Å². The quantitative estimate of drug-likeness (QED) is 0.665. The maximum absolute atomic E-state index is 10.8. The third-order valence-electron chi connectivity index (χ3n) is 3.11. The van der Waals surface area contributed by atoms with E-state index in [4.69, 9.17) is 5.11 Å². The van der Waals surface area contributed by atoms with E-state index in [1.165, 1.54) is 0 Å². The lowest BCUT2D eigenvalue weighted by Crippen LogP contribution is -2.42. The summed E-state index contributed by atoms with van der Waals surface area (Å²) in [7, 11) is 0. The Labute approximate surface area is 84.4 Å². The second-order valence-corrected chi connectivity index (χ2v) is 4.87. The van der Waals surface area contributed by atoms with Crippen LogP contribution in [0.25, 0.3) is 0 Å². The Balaban J connectivity index is 2.84. The van der Waals surface area contributed by atoms with E-state index in [0.29, 0.717) is 6.42 Å². The number of hydrogen-bond donors (Lipinski definition) is 2. The van der Waals surface area contributed by atoms with Gasteiger partial charge in [0.05, 0.1) is 11.5 Å². The smallest absolute Gasteiger partial charge is 0.309 e. The van der Waals surface area contributed by atoms with Gasteiger partial charge in [-0.25, -0.2) is 0 Å². The Morgan fingerprint density at radius 1 is 1.36 bits per heavy atom. The van der Waals surface area contributed by atoms with Crippen LogP contribution in [0.2, 0.25) is 0 Å². The molecule has 1 aliphatic rings. The number of aliphatic hydroxyl groups is 1. The third kappa shape index (κ3) is 2.15. The van der Waals surface area contributed by atoms with E-state index >= 15 is 0 Å². The highest BCUT2D eigenvalue weighted by molar-refractivity contribution is 5.71. The van der Waals surface area contributed by atoms with Crippen LogP contribution in [0.3, 0.4) is 0 Å². The summed E-state index contributed by atoms with van der Waals surface area (Å²) < 4.78 is 0. The van der Waals surface area contributed by atoms with Gasteiger partial charge in [0.25, 0.3) is 0 Å². The predicted molar refractivity (Wildman–Crippen MR) is 53.9 cm³/mol. The minimum Gasteiger partial charge on any atom is -0.481 e. The van der Waals surface area contributed by atoms with Crippen LogP contribution in [-0.2, 0) is 4.79 Å². The largest absolute Gasteiger partial charge is 0.481 e. The molecular weight excluding hydrogens is 180 g/mol. The van der Waals surface area contributed by atoms with Crippen molar-refractivity contribution in [1.82, 2.24) is 0 Å². The number of rotatable bonds is 2. The van der Waals surface area contributed by atoms with Crippen molar-refractivity contribution in [3.63, 3.8) is 0 Å². The molecule has 0 saturated heterocycles. The van der Waals surface area contributed by atoms with E-state index in [-0.39, 0.29) is 5.41 Å². The van der Waals surface area contributed by atoms with E-state index in [0.717, 1.165) is 6.42 Å². The number of carboxylic acid groups (broad SMARTS) is 1. The molecule has 1 aliphatic carbocycles. The lowest BCUT2D eigenvalue weighted by Gasteiger charge is -2.37. The van der Waals surface area contributed by atoms with Crippen molar-refractivity contribution >= 4 is 5.97 Å². The molecule has 0 aromatic heterocycles. The van der Waals surface area contributed by atoms with Gasteiger partial charge >= 0.3 is 5.97 Å². The maximum Gasteiger partial charge on any atom is 0.309 e. The zero-order chi connectivity index (χ0) is 11.0. The molecule has 1 rings (SSSR count). The Hall–Kier alpha value is -0.830. The van der Waals surface area contributed by atoms with Gasteiger partial charge in [-0.1, -0.05) is 26.0 Å². The van der Waals surface area contributed by atoms with Gasteiger partial charge in [-0.15, -0.1) is 0 Å². The van der Waals surface area contributed by atoms with Crippen molar-refractivity contribution < 1.29 is 15.0 Å². The topological polar surface area (TPSA) is 57.5 Å². The summed E-state index contributed by atoms with van der Waals surface area (Å²) in [6, 6.07) is 0. The Morgan fingerprint density at radius 3 is 2.29 bits per heavy atom. The van der Waals surface area contributed by atoms with Gasteiger partial charge in [0, 0.05) is 0 Å². The number of carboxylic acids is 1. The van der Waals surface area contributed by atoms with Crippen molar-refractivity contribution in [1.29, 1.82) is 0 Å². The van der Waals surface area contributed by atoms with Gasteiger partial charge < -0.3 is 10.2 Å². The number of hydrogen-bond acceptors (Lipinski definition) is 2. The van der Waals surface area contributed by atoms with E-state index in [1.807, 2.05) is 6.08 Å². The number of allylic oxidation sites excluding steroid dienone is 1.